The smallest absolute Gasteiger partial charge is 0.250 e. The maximum atomic E-state index is 13.8. The summed E-state index contributed by atoms with van der Waals surface area (Å²) >= 11 is 0. The van der Waals surface area contributed by atoms with Crippen LogP contribution >= 0.6 is 0 Å². The Morgan fingerprint density at radius 1 is 1.03 bits per heavy atom. The van der Waals surface area contributed by atoms with Crippen LogP contribution in [0.2, 0.25) is 0 Å². The van der Waals surface area contributed by atoms with Gasteiger partial charge in [0.1, 0.15) is 11.3 Å². The molecule has 2 N–H and O–H groups in total. The number of rotatable bonds is 5. The second-order valence-corrected chi connectivity index (χ2v) is 9.27. The Morgan fingerprint density at radius 2 is 1.75 bits per heavy atom. The highest BCUT2D eigenvalue weighted by Gasteiger charge is 2.70. The number of nitrogens with one attached hydrogen (secondary N) is 2. The minimum Gasteiger partial charge on any atom is -0.496 e. The maximum absolute atomic E-state index is 13.8. The minimum atomic E-state index is -1.23. The van der Waals surface area contributed by atoms with Gasteiger partial charge in [-0.05, 0) is 24.5 Å². The molecule has 2 aromatic rings. The average Bonchev–Trinajstić information content (AvgIpc) is 3.34. The van der Waals surface area contributed by atoms with Crippen LogP contribution in [0.25, 0.3) is 0 Å². The first-order valence-electron chi connectivity index (χ1n) is 11.0. The van der Waals surface area contributed by atoms with Crippen molar-refractivity contribution in [2.45, 2.75) is 38.4 Å². The van der Waals surface area contributed by atoms with Crippen molar-refractivity contribution in [3.63, 3.8) is 0 Å². The van der Waals surface area contributed by atoms with Gasteiger partial charge in [-0.25, -0.2) is 0 Å². The molecular formula is C25H27N3O4. The van der Waals surface area contributed by atoms with Gasteiger partial charge >= 0.3 is 0 Å². The summed E-state index contributed by atoms with van der Waals surface area (Å²) in [4.78, 5) is 42.1. The minimum absolute atomic E-state index is 0.127. The Balaban J connectivity index is 1.59. The number of nitrogens with zero attached hydrogens (tertiary/aromatic N) is 1. The Hall–Kier alpha value is -3.19. The molecule has 2 aromatic carbocycles. The van der Waals surface area contributed by atoms with Gasteiger partial charge in [0.15, 0.2) is 0 Å². The number of methoxy groups -OCH3 is 1. The van der Waals surface area contributed by atoms with Gasteiger partial charge in [0.05, 0.1) is 25.5 Å². The summed E-state index contributed by atoms with van der Waals surface area (Å²) in [5, 5.41) is 6.40. The lowest BCUT2D eigenvalue weighted by Gasteiger charge is -2.30. The van der Waals surface area contributed by atoms with E-state index in [1.165, 1.54) is 4.90 Å². The molecule has 0 saturated carbocycles. The van der Waals surface area contributed by atoms with Crippen molar-refractivity contribution >= 4 is 23.4 Å². The molecule has 5 rings (SSSR count). The van der Waals surface area contributed by atoms with Gasteiger partial charge in [-0.3, -0.25) is 24.6 Å². The van der Waals surface area contributed by atoms with Crippen LogP contribution in [-0.4, -0.2) is 35.8 Å². The van der Waals surface area contributed by atoms with Crippen molar-refractivity contribution in [3.05, 3.63) is 59.7 Å². The molecule has 7 heteroatoms. The number of hydrogen-bond acceptors (Lipinski definition) is 5. The second-order valence-electron chi connectivity index (χ2n) is 9.27. The molecule has 3 heterocycles. The molecule has 0 radical (unpaired) electrons. The lowest BCUT2D eigenvalue weighted by molar-refractivity contribution is -0.143. The van der Waals surface area contributed by atoms with Crippen LogP contribution in [0.1, 0.15) is 31.4 Å². The Labute approximate surface area is 187 Å². The Kier molecular flexibility index (Phi) is 4.82. The number of hydrogen-bond donors (Lipinski definition) is 2. The summed E-state index contributed by atoms with van der Waals surface area (Å²) in [7, 11) is 1.57. The van der Waals surface area contributed by atoms with Crippen LogP contribution in [0.4, 0.5) is 5.69 Å². The SMILES string of the molecule is COc1ccccc1CN1C(=O)[C@H]2[C@H](CC(C)C)N[C@@]3(C(=O)Nc4ccccc43)[C@@H]2C1=O. The molecular weight excluding hydrogens is 406 g/mol. The normalized spacial score (nSPS) is 28.4. The molecule has 1 spiro atoms. The highest BCUT2D eigenvalue weighted by molar-refractivity contribution is 6.15. The van der Waals surface area contributed by atoms with Crippen LogP contribution in [-0.2, 0) is 26.5 Å². The van der Waals surface area contributed by atoms with Crippen molar-refractivity contribution in [3.8, 4) is 5.75 Å². The summed E-state index contributed by atoms with van der Waals surface area (Å²) < 4.78 is 5.42. The monoisotopic (exact) mass is 433 g/mol. The number of para-hydroxylation sites is 2. The predicted octanol–water partition coefficient (Wildman–Crippen LogP) is 2.66. The third-order valence-corrected chi connectivity index (χ3v) is 6.96. The Bertz CT molecular complexity index is 1110. The van der Waals surface area contributed by atoms with E-state index in [2.05, 4.69) is 24.5 Å². The maximum Gasteiger partial charge on any atom is 0.250 e. The fraction of sp³-hybridized carbons (Fsp3) is 0.400. The number of likely N-dealkylation sites (tertiary alicyclic amines) is 1. The van der Waals surface area contributed by atoms with E-state index in [-0.39, 0.29) is 30.3 Å². The van der Waals surface area contributed by atoms with Gasteiger partial charge in [0.2, 0.25) is 17.7 Å². The molecule has 3 aliphatic heterocycles. The lowest BCUT2D eigenvalue weighted by Crippen LogP contribution is -2.53. The van der Waals surface area contributed by atoms with E-state index in [0.717, 1.165) is 11.1 Å². The van der Waals surface area contributed by atoms with Crippen molar-refractivity contribution < 1.29 is 19.1 Å². The molecule has 3 amide bonds. The largest absolute Gasteiger partial charge is 0.496 e. The van der Waals surface area contributed by atoms with E-state index in [4.69, 9.17) is 4.74 Å². The van der Waals surface area contributed by atoms with Gasteiger partial charge < -0.3 is 10.1 Å². The summed E-state index contributed by atoms with van der Waals surface area (Å²) in [6.07, 6.45) is 0.694. The summed E-state index contributed by atoms with van der Waals surface area (Å²) in [6, 6.07) is 14.5. The fourth-order valence-electron chi connectivity index (χ4n) is 5.69. The summed E-state index contributed by atoms with van der Waals surface area (Å²) in [6.45, 7) is 4.29. The van der Waals surface area contributed by atoms with Gasteiger partial charge in [0.25, 0.3) is 0 Å². The zero-order valence-corrected chi connectivity index (χ0v) is 18.4. The zero-order chi connectivity index (χ0) is 22.6. The van der Waals surface area contributed by atoms with Crippen LogP contribution in [0, 0.1) is 17.8 Å². The number of benzene rings is 2. The molecule has 0 aromatic heterocycles. The first-order chi connectivity index (χ1) is 15.4. The first-order valence-corrected chi connectivity index (χ1v) is 11.0. The van der Waals surface area contributed by atoms with Gasteiger partial charge in [-0.2, -0.15) is 0 Å². The number of carbonyl (C=O) groups is 3. The van der Waals surface area contributed by atoms with E-state index >= 15 is 0 Å². The summed E-state index contributed by atoms with van der Waals surface area (Å²) in [5.74, 6) is -1.24. The molecule has 32 heavy (non-hydrogen) atoms. The number of imide groups is 1. The molecule has 0 bridgehead atoms. The van der Waals surface area contributed by atoms with Crippen molar-refractivity contribution in [1.82, 2.24) is 10.2 Å². The van der Waals surface area contributed by atoms with Crippen molar-refractivity contribution in [2.75, 3.05) is 12.4 Å². The predicted molar refractivity (Wildman–Crippen MR) is 119 cm³/mol. The van der Waals surface area contributed by atoms with Crippen LogP contribution < -0.4 is 15.4 Å². The van der Waals surface area contributed by atoms with E-state index in [0.29, 0.717) is 23.8 Å². The average molecular weight is 434 g/mol. The first kappa shape index (κ1) is 20.7. The van der Waals surface area contributed by atoms with Gasteiger partial charge in [-0.1, -0.05) is 50.2 Å². The third kappa shape index (κ3) is 2.80. The second kappa shape index (κ2) is 7.45. The third-order valence-electron chi connectivity index (χ3n) is 6.96. The quantitative estimate of drug-likeness (QED) is 0.708. The molecule has 2 saturated heterocycles. The fourth-order valence-corrected chi connectivity index (χ4v) is 5.69. The highest BCUT2D eigenvalue weighted by Crippen LogP contribution is 2.53. The van der Waals surface area contributed by atoms with Gasteiger partial charge in [0, 0.05) is 22.9 Å². The molecule has 0 aliphatic carbocycles. The van der Waals surface area contributed by atoms with E-state index in [1.54, 1.807) is 7.11 Å². The topological polar surface area (TPSA) is 87.7 Å². The van der Waals surface area contributed by atoms with E-state index < -0.39 is 17.4 Å². The highest BCUT2D eigenvalue weighted by atomic mass is 16.5. The molecule has 0 unspecified atom stereocenters. The molecule has 3 aliphatic rings. The standard InChI is InChI=1S/C25H27N3O4/c1-14(2)12-18-20-21(25(27-18)16-9-5-6-10-17(16)26-24(25)31)23(30)28(22(20)29)13-15-8-4-7-11-19(15)32-3/h4-11,14,18,20-21,27H,12-13H2,1-3H3,(H,26,31)/t18-,20-,21-,25+/m0/s1. The number of carbonyl (C=O) groups excluding carboxylic acids is 3. The number of ether oxygens (including phenoxy) is 1. The molecule has 7 nitrogen and oxygen atoms in total. The zero-order valence-electron chi connectivity index (χ0n) is 18.4. The van der Waals surface area contributed by atoms with E-state index in [9.17, 15) is 14.4 Å². The molecule has 166 valence electrons. The lowest BCUT2D eigenvalue weighted by atomic mass is 9.76. The number of amides is 3. The van der Waals surface area contributed by atoms with E-state index in [1.807, 2.05) is 48.5 Å². The summed E-state index contributed by atoms with van der Waals surface area (Å²) in [5.41, 5.74) is 0.961. The van der Waals surface area contributed by atoms with Crippen LogP contribution in [0.3, 0.4) is 0 Å². The number of anilines is 1. The van der Waals surface area contributed by atoms with Crippen molar-refractivity contribution in [1.29, 1.82) is 0 Å². The van der Waals surface area contributed by atoms with Gasteiger partial charge in [-0.15, -0.1) is 0 Å². The molecule has 4 atom stereocenters. The van der Waals surface area contributed by atoms with Crippen molar-refractivity contribution in [2.24, 2.45) is 17.8 Å². The van der Waals surface area contributed by atoms with Crippen LogP contribution in [0.5, 0.6) is 5.75 Å². The Morgan fingerprint density at radius 3 is 2.50 bits per heavy atom. The van der Waals surface area contributed by atoms with Crippen LogP contribution in [0.15, 0.2) is 48.5 Å². The molecule has 2 fully saturated rings. The number of fused-ring (bicyclic) bond motifs is 4.